The van der Waals surface area contributed by atoms with E-state index in [1.807, 2.05) is 5.41 Å². The first-order valence-corrected chi connectivity index (χ1v) is 11.5. The molecule has 0 aliphatic carbocycles. The van der Waals surface area contributed by atoms with Gasteiger partial charge in [-0.1, -0.05) is 36.9 Å². The number of aryl methyl sites for hydroxylation is 1. The van der Waals surface area contributed by atoms with Crippen LogP contribution < -0.4 is 11.2 Å². The molecular formula is C16H16N2O4S4. The van der Waals surface area contributed by atoms with Gasteiger partial charge in [-0.2, -0.15) is 0 Å². The lowest BCUT2D eigenvalue weighted by Crippen LogP contribution is -2.31. The molecule has 3 aliphatic rings. The van der Waals surface area contributed by atoms with Crippen LogP contribution in [-0.4, -0.2) is 22.8 Å². The summed E-state index contributed by atoms with van der Waals surface area (Å²) in [5, 5.41) is 3.61. The summed E-state index contributed by atoms with van der Waals surface area (Å²) >= 11 is 6.27. The fourth-order valence-corrected chi connectivity index (χ4v) is 7.34. The number of hydrogen-bond donors (Lipinski definition) is 1. The van der Waals surface area contributed by atoms with Gasteiger partial charge >= 0.3 is 5.69 Å². The van der Waals surface area contributed by atoms with E-state index in [2.05, 4.69) is 11.9 Å². The monoisotopic (exact) mass is 428 g/mol. The Morgan fingerprint density at radius 1 is 1.12 bits per heavy atom. The summed E-state index contributed by atoms with van der Waals surface area (Å²) < 4.78 is 15.0. The molecule has 0 saturated carbocycles. The smallest absolute Gasteiger partial charge is 0.328 e. The number of H-pyrrole nitrogens is 1. The van der Waals surface area contributed by atoms with E-state index in [0.29, 0.717) is 25.3 Å². The molecule has 0 bridgehead atoms. The summed E-state index contributed by atoms with van der Waals surface area (Å²) in [7, 11) is 0. The molecule has 0 amide bonds. The van der Waals surface area contributed by atoms with E-state index in [-0.39, 0.29) is 11.2 Å². The molecule has 0 atom stereocenters. The van der Waals surface area contributed by atoms with E-state index in [0.717, 1.165) is 36.4 Å². The molecular weight excluding hydrogens is 412 g/mol. The maximum atomic E-state index is 12.3. The van der Waals surface area contributed by atoms with E-state index in [1.165, 1.54) is 0 Å². The number of thioether (sulfide) groups is 4. The first kappa shape index (κ1) is 18.3. The minimum absolute atomic E-state index is 0.343. The Morgan fingerprint density at radius 3 is 2.54 bits per heavy atom. The van der Waals surface area contributed by atoms with Gasteiger partial charge in [-0.05, 0) is 35.4 Å². The van der Waals surface area contributed by atoms with Crippen LogP contribution in [0, 0.1) is 0 Å². The normalized spacial score (nSPS) is 19.3. The Hall–Kier alpha value is -1.10. The minimum Gasteiger partial charge on any atom is -0.480 e. The second-order valence-electron chi connectivity index (χ2n) is 5.60. The molecule has 0 spiro atoms. The number of aromatic amines is 1. The van der Waals surface area contributed by atoms with Crippen molar-refractivity contribution >= 4 is 52.0 Å². The highest BCUT2D eigenvalue weighted by atomic mass is 32.2. The summed E-state index contributed by atoms with van der Waals surface area (Å²) in [5.41, 5.74) is -0.161. The van der Waals surface area contributed by atoms with Gasteiger partial charge in [0.05, 0.1) is 14.0 Å². The number of hydrogen-bond acceptors (Lipinski definition) is 8. The number of rotatable bonds is 4. The molecule has 0 radical (unpaired) electrons. The van der Waals surface area contributed by atoms with Crippen molar-refractivity contribution in [2.75, 3.05) is 13.2 Å². The lowest BCUT2D eigenvalue weighted by molar-refractivity contribution is 0.0949. The number of aromatic nitrogens is 2. The zero-order chi connectivity index (χ0) is 18.1. The Bertz CT molecular complexity index is 924. The number of nitrogens with zero attached hydrogens (tertiary/aromatic N) is 1. The molecule has 1 aromatic heterocycles. The molecule has 0 aromatic carbocycles. The summed E-state index contributed by atoms with van der Waals surface area (Å²) in [5.74, 6) is 0. The lowest BCUT2D eigenvalue weighted by atomic mass is 10.3. The summed E-state index contributed by atoms with van der Waals surface area (Å²) in [4.78, 5) is 27.5. The third-order valence-corrected chi connectivity index (χ3v) is 9.07. The van der Waals surface area contributed by atoms with Gasteiger partial charge in [-0.15, -0.1) is 0 Å². The minimum atomic E-state index is -0.352. The van der Waals surface area contributed by atoms with Crippen molar-refractivity contribution in [3.63, 3.8) is 0 Å². The second kappa shape index (κ2) is 7.87. The summed E-state index contributed by atoms with van der Waals surface area (Å²) in [6.07, 6.45) is 3.56. The molecule has 1 aromatic rings. The summed E-state index contributed by atoms with van der Waals surface area (Å²) in [6.45, 7) is 3.83. The molecule has 10 heteroatoms. The van der Waals surface area contributed by atoms with Gasteiger partial charge in [0.1, 0.15) is 13.2 Å². The second-order valence-corrected chi connectivity index (χ2v) is 10.0. The maximum Gasteiger partial charge on any atom is 0.328 e. The van der Waals surface area contributed by atoms with Crippen LogP contribution in [0.2, 0.25) is 0 Å². The Labute approximate surface area is 166 Å². The molecule has 3 aliphatic heterocycles. The standard InChI is InChI=1S/C16H16N2O4S4/c1-2-3-4-18-7-9(11(19)17-16(18)20)10-8-23-14(24-10)15-25-12-13(26-15)22-6-5-21-12/h7-8H,2-6H2,1H3,(H,17,19,20). The van der Waals surface area contributed by atoms with Crippen molar-refractivity contribution in [1.82, 2.24) is 9.55 Å². The average Bonchev–Trinajstić information content (AvgIpc) is 3.27. The molecule has 138 valence electrons. The van der Waals surface area contributed by atoms with Crippen LogP contribution in [0.15, 0.2) is 39.9 Å². The van der Waals surface area contributed by atoms with Crippen LogP contribution in [0.25, 0.3) is 4.91 Å². The van der Waals surface area contributed by atoms with E-state index < -0.39 is 0 Å². The molecule has 1 N–H and O–H groups in total. The van der Waals surface area contributed by atoms with Gasteiger partial charge < -0.3 is 9.47 Å². The van der Waals surface area contributed by atoms with Crippen LogP contribution >= 0.6 is 47.0 Å². The highest BCUT2D eigenvalue weighted by molar-refractivity contribution is 8.35. The average molecular weight is 429 g/mol. The van der Waals surface area contributed by atoms with E-state index in [1.54, 1.807) is 57.8 Å². The van der Waals surface area contributed by atoms with Gasteiger partial charge in [-0.25, -0.2) is 4.79 Å². The van der Waals surface area contributed by atoms with Gasteiger partial charge in [-0.3, -0.25) is 14.3 Å². The van der Waals surface area contributed by atoms with Crippen LogP contribution in [-0.2, 0) is 16.0 Å². The zero-order valence-corrected chi connectivity index (χ0v) is 17.2. The third kappa shape index (κ3) is 3.64. The molecule has 0 unspecified atom stereocenters. The van der Waals surface area contributed by atoms with Crippen LogP contribution in [0.3, 0.4) is 0 Å². The van der Waals surface area contributed by atoms with Gasteiger partial charge in [0, 0.05) is 17.6 Å². The Balaban J connectivity index is 1.55. The predicted molar refractivity (Wildman–Crippen MR) is 111 cm³/mol. The number of unbranched alkanes of at least 4 members (excludes halogenated alkanes) is 1. The number of nitrogens with one attached hydrogen (secondary N) is 1. The largest absolute Gasteiger partial charge is 0.480 e. The molecule has 4 rings (SSSR count). The van der Waals surface area contributed by atoms with Gasteiger partial charge in [0.25, 0.3) is 5.56 Å². The fraction of sp³-hybridized carbons (Fsp3) is 0.375. The first-order chi connectivity index (χ1) is 12.7. The van der Waals surface area contributed by atoms with Crippen molar-refractivity contribution in [1.29, 1.82) is 0 Å². The fourth-order valence-electron chi connectivity index (χ4n) is 2.44. The quantitative estimate of drug-likeness (QED) is 0.774. The predicted octanol–water partition coefficient (Wildman–Crippen LogP) is 3.90. The molecule has 6 nitrogen and oxygen atoms in total. The third-order valence-electron chi connectivity index (χ3n) is 3.76. The van der Waals surface area contributed by atoms with Crippen molar-refractivity contribution in [2.24, 2.45) is 0 Å². The Morgan fingerprint density at radius 2 is 1.85 bits per heavy atom. The maximum absolute atomic E-state index is 12.3. The van der Waals surface area contributed by atoms with Crippen LogP contribution in [0.1, 0.15) is 25.3 Å². The zero-order valence-electron chi connectivity index (χ0n) is 13.9. The van der Waals surface area contributed by atoms with Crippen LogP contribution in [0.5, 0.6) is 0 Å². The van der Waals surface area contributed by atoms with E-state index in [9.17, 15) is 9.59 Å². The van der Waals surface area contributed by atoms with Gasteiger partial charge in [0.15, 0.2) is 0 Å². The number of ether oxygens (including phenoxy) is 2. The molecule has 0 saturated heterocycles. The van der Waals surface area contributed by atoms with Crippen molar-refractivity contribution in [3.05, 3.63) is 56.7 Å². The van der Waals surface area contributed by atoms with Crippen molar-refractivity contribution in [2.45, 2.75) is 26.3 Å². The van der Waals surface area contributed by atoms with Crippen LogP contribution in [0.4, 0.5) is 0 Å². The van der Waals surface area contributed by atoms with Crippen molar-refractivity contribution in [3.8, 4) is 0 Å². The highest BCUT2D eigenvalue weighted by Crippen LogP contribution is 2.59. The molecule has 26 heavy (non-hydrogen) atoms. The SMILES string of the molecule is CCCCn1cc(C2=CSC(=C3SC4=C(OCCO4)S3)S2)c(=O)[nH]c1=O. The first-order valence-electron chi connectivity index (χ1n) is 8.14. The lowest BCUT2D eigenvalue weighted by Gasteiger charge is -2.13. The van der Waals surface area contributed by atoms with Crippen molar-refractivity contribution < 1.29 is 9.47 Å². The Kier molecular flexibility index (Phi) is 5.53. The molecule has 0 fully saturated rings. The topological polar surface area (TPSA) is 73.3 Å². The van der Waals surface area contributed by atoms with Gasteiger partial charge in [0.2, 0.25) is 10.2 Å². The molecule has 4 heterocycles. The summed E-state index contributed by atoms with van der Waals surface area (Å²) in [6, 6.07) is 0. The van der Waals surface area contributed by atoms with E-state index in [4.69, 9.17) is 9.47 Å². The highest BCUT2D eigenvalue weighted by Gasteiger charge is 2.31. The van der Waals surface area contributed by atoms with E-state index >= 15 is 0 Å².